The highest BCUT2D eigenvalue weighted by molar-refractivity contribution is 7.85. The summed E-state index contributed by atoms with van der Waals surface area (Å²) in [5.74, 6) is -0.837. The van der Waals surface area contributed by atoms with E-state index in [1.165, 1.54) is 0 Å². The maximum atomic E-state index is 10.8. The minimum atomic E-state index is -3.96. The van der Waals surface area contributed by atoms with E-state index >= 15 is 0 Å². The van der Waals surface area contributed by atoms with Crippen molar-refractivity contribution in [1.82, 2.24) is 5.32 Å². The van der Waals surface area contributed by atoms with E-state index in [1.807, 2.05) is 0 Å². The fourth-order valence-corrected chi connectivity index (χ4v) is 0.867. The predicted octanol–water partition coefficient (Wildman–Crippen LogP) is -0.354. The monoisotopic (exact) mass is 195 g/mol. The second kappa shape index (κ2) is 4.42. The number of carbonyl (C=O) groups is 1. The molecule has 0 atom stereocenters. The Hall–Kier alpha value is -0.620. The van der Waals surface area contributed by atoms with Gasteiger partial charge in [0.1, 0.15) is 0 Å². The van der Waals surface area contributed by atoms with Crippen molar-refractivity contribution in [3.8, 4) is 0 Å². The molecule has 0 aliphatic heterocycles. The smallest absolute Gasteiger partial charge is 0.266 e. The van der Waals surface area contributed by atoms with E-state index in [1.54, 1.807) is 13.8 Å². The van der Waals surface area contributed by atoms with Gasteiger partial charge in [-0.3, -0.25) is 9.35 Å². The zero-order valence-electron chi connectivity index (χ0n) is 7.07. The van der Waals surface area contributed by atoms with Gasteiger partial charge < -0.3 is 5.32 Å². The van der Waals surface area contributed by atoms with Gasteiger partial charge in [0.25, 0.3) is 10.1 Å². The largest absolute Gasteiger partial charge is 0.355 e. The molecule has 0 unspecified atom stereocenters. The lowest BCUT2D eigenvalue weighted by molar-refractivity contribution is -0.123. The zero-order valence-corrected chi connectivity index (χ0v) is 7.89. The zero-order chi connectivity index (χ0) is 9.78. The molecule has 2 N–H and O–H groups in total. The number of hydrogen-bond donors (Lipinski definition) is 2. The Balaban J connectivity index is 3.66. The molecular weight excluding hydrogens is 182 g/mol. The summed E-state index contributed by atoms with van der Waals surface area (Å²) in [5.41, 5.74) is 0. The van der Waals surface area contributed by atoms with Crippen molar-refractivity contribution >= 4 is 16.0 Å². The van der Waals surface area contributed by atoms with Crippen LogP contribution in [0.1, 0.15) is 13.8 Å². The van der Waals surface area contributed by atoms with Crippen LogP contribution in [0.3, 0.4) is 0 Å². The summed E-state index contributed by atoms with van der Waals surface area (Å²) in [4.78, 5) is 10.8. The normalized spacial score (nSPS) is 11.7. The van der Waals surface area contributed by atoms with E-state index in [0.29, 0.717) is 0 Å². The van der Waals surface area contributed by atoms with E-state index in [2.05, 4.69) is 5.32 Å². The van der Waals surface area contributed by atoms with Crippen molar-refractivity contribution in [1.29, 1.82) is 0 Å². The third-order valence-corrected chi connectivity index (χ3v) is 1.90. The lowest BCUT2D eigenvalue weighted by atomic mass is 10.2. The fraction of sp³-hybridized carbons (Fsp3) is 0.833. The van der Waals surface area contributed by atoms with Crippen LogP contribution in [-0.4, -0.2) is 31.2 Å². The molecule has 0 saturated carbocycles. The summed E-state index contributed by atoms with van der Waals surface area (Å²) in [5, 5.41) is 2.36. The third kappa shape index (κ3) is 6.11. The van der Waals surface area contributed by atoms with Crippen LogP contribution in [0.4, 0.5) is 0 Å². The molecule has 0 fully saturated rings. The minimum absolute atomic E-state index is 0.0458. The van der Waals surface area contributed by atoms with E-state index in [4.69, 9.17) is 4.55 Å². The summed E-state index contributed by atoms with van der Waals surface area (Å²) in [6.07, 6.45) is 0. The molecular formula is C6H13NO4S. The molecule has 6 heteroatoms. The van der Waals surface area contributed by atoms with Gasteiger partial charge >= 0.3 is 0 Å². The molecule has 12 heavy (non-hydrogen) atoms. The van der Waals surface area contributed by atoms with E-state index in [9.17, 15) is 13.2 Å². The molecule has 0 aliphatic carbocycles. The predicted molar refractivity (Wildman–Crippen MR) is 44.3 cm³/mol. The van der Waals surface area contributed by atoms with Crippen LogP contribution in [-0.2, 0) is 14.9 Å². The van der Waals surface area contributed by atoms with E-state index in [-0.39, 0.29) is 18.4 Å². The van der Waals surface area contributed by atoms with Crippen LogP contribution in [0.25, 0.3) is 0 Å². The lowest BCUT2D eigenvalue weighted by Crippen LogP contribution is -2.31. The Morgan fingerprint density at radius 1 is 1.50 bits per heavy atom. The van der Waals surface area contributed by atoms with Crippen LogP contribution in [0.2, 0.25) is 0 Å². The van der Waals surface area contributed by atoms with Crippen molar-refractivity contribution in [2.45, 2.75) is 13.8 Å². The van der Waals surface area contributed by atoms with Crippen molar-refractivity contribution in [3.63, 3.8) is 0 Å². The molecule has 0 aromatic carbocycles. The first-order valence-electron chi connectivity index (χ1n) is 3.56. The van der Waals surface area contributed by atoms with Crippen LogP contribution in [0.15, 0.2) is 0 Å². The minimum Gasteiger partial charge on any atom is -0.355 e. The fourth-order valence-electron chi connectivity index (χ4n) is 0.507. The van der Waals surface area contributed by atoms with Gasteiger partial charge in [-0.25, -0.2) is 0 Å². The first kappa shape index (κ1) is 11.4. The highest BCUT2D eigenvalue weighted by atomic mass is 32.2. The maximum Gasteiger partial charge on any atom is 0.266 e. The standard InChI is InChI=1S/C6H13NO4S/c1-5(2)6(8)7-3-4-12(9,10)11/h5H,3-4H2,1-2H3,(H,7,8)(H,9,10,11). The SMILES string of the molecule is CC(C)C(=O)NCCS(=O)(=O)O. The topological polar surface area (TPSA) is 83.5 Å². The Labute approximate surface area is 71.9 Å². The Bertz CT molecular complexity index is 244. The summed E-state index contributed by atoms with van der Waals surface area (Å²) in [6.45, 7) is 3.35. The van der Waals surface area contributed by atoms with Gasteiger partial charge in [-0.15, -0.1) is 0 Å². The molecule has 0 heterocycles. The molecule has 5 nitrogen and oxygen atoms in total. The number of nitrogens with one attached hydrogen (secondary N) is 1. The van der Waals surface area contributed by atoms with Gasteiger partial charge in [0.2, 0.25) is 5.91 Å². The Morgan fingerprint density at radius 2 is 2.00 bits per heavy atom. The van der Waals surface area contributed by atoms with Gasteiger partial charge in [-0.05, 0) is 0 Å². The lowest BCUT2D eigenvalue weighted by Gasteiger charge is -2.05. The summed E-state index contributed by atoms with van der Waals surface area (Å²) >= 11 is 0. The molecule has 0 radical (unpaired) electrons. The molecule has 72 valence electrons. The summed E-state index contributed by atoms with van der Waals surface area (Å²) in [6, 6.07) is 0. The van der Waals surface area contributed by atoms with Gasteiger partial charge in [0.15, 0.2) is 0 Å². The van der Waals surface area contributed by atoms with Crippen LogP contribution in [0, 0.1) is 5.92 Å². The van der Waals surface area contributed by atoms with E-state index in [0.717, 1.165) is 0 Å². The van der Waals surface area contributed by atoms with Gasteiger partial charge in [-0.2, -0.15) is 8.42 Å². The van der Waals surface area contributed by atoms with Gasteiger partial charge in [0, 0.05) is 12.5 Å². The van der Waals surface area contributed by atoms with Crippen molar-refractivity contribution < 1.29 is 17.8 Å². The summed E-state index contributed by atoms with van der Waals surface area (Å²) < 4.78 is 28.7. The average molecular weight is 195 g/mol. The highest BCUT2D eigenvalue weighted by Gasteiger charge is 2.08. The van der Waals surface area contributed by atoms with Crippen molar-refractivity contribution in [3.05, 3.63) is 0 Å². The first-order chi connectivity index (χ1) is 5.33. The molecule has 0 aromatic heterocycles. The number of amides is 1. The van der Waals surface area contributed by atoms with Crippen molar-refractivity contribution in [2.24, 2.45) is 5.92 Å². The molecule has 0 saturated heterocycles. The molecule has 0 bridgehead atoms. The summed E-state index contributed by atoms with van der Waals surface area (Å²) in [7, 11) is -3.96. The number of carbonyl (C=O) groups excluding carboxylic acids is 1. The number of hydrogen-bond acceptors (Lipinski definition) is 3. The average Bonchev–Trinajstić information content (AvgIpc) is 1.84. The quantitative estimate of drug-likeness (QED) is 0.600. The molecule has 0 aromatic rings. The Morgan fingerprint density at radius 3 is 2.33 bits per heavy atom. The second-order valence-electron chi connectivity index (χ2n) is 2.73. The second-order valence-corrected chi connectivity index (χ2v) is 4.30. The van der Waals surface area contributed by atoms with Gasteiger partial charge in [-0.1, -0.05) is 13.8 Å². The maximum absolute atomic E-state index is 10.8. The first-order valence-corrected chi connectivity index (χ1v) is 5.16. The highest BCUT2D eigenvalue weighted by Crippen LogP contribution is 1.89. The third-order valence-electron chi connectivity index (χ3n) is 1.18. The van der Waals surface area contributed by atoms with Crippen molar-refractivity contribution in [2.75, 3.05) is 12.3 Å². The molecule has 0 rings (SSSR count). The molecule has 0 aliphatic rings. The molecule has 0 spiro atoms. The number of rotatable bonds is 4. The van der Waals surface area contributed by atoms with Crippen LogP contribution >= 0.6 is 0 Å². The van der Waals surface area contributed by atoms with Crippen LogP contribution in [0.5, 0.6) is 0 Å². The Kier molecular flexibility index (Phi) is 4.19. The molecule has 1 amide bonds. The van der Waals surface area contributed by atoms with Crippen LogP contribution < -0.4 is 5.32 Å². The van der Waals surface area contributed by atoms with E-state index < -0.39 is 15.9 Å². The van der Waals surface area contributed by atoms with Gasteiger partial charge in [0.05, 0.1) is 5.75 Å².